The first kappa shape index (κ1) is 18.5. The molecule has 2 N–H and O–H groups in total. The van der Waals surface area contributed by atoms with Crippen molar-refractivity contribution >= 4 is 17.3 Å². The van der Waals surface area contributed by atoms with Gasteiger partial charge >= 0.3 is 0 Å². The smallest absolute Gasteiger partial charge is 0.257 e. The van der Waals surface area contributed by atoms with Gasteiger partial charge in [0.2, 0.25) is 0 Å². The molecule has 0 spiro atoms. The van der Waals surface area contributed by atoms with Gasteiger partial charge in [-0.3, -0.25) is 9.78 Å². The number of hydrogen-bond acceptors (Lipinski definition) is 4. The number of anilines is 2. The molecule has 1 amide bonds. The fraction of sp³-hybridized carbons (Fsp3) is 0.182. The quantitative estimate of drug-likeness (QED) is 0.675. The molecule has 3 rings (SSSR count). The third-order valence-electron chi connectivity index (χ3n) is 4.16. The molecule has 3 aromatic rings. The van der Waals surface area contributed by atoms with Crippen molar-refractivity contribution in [1.82, 2.24) is 4.98 Å². The number of aromatic nitrogens is 1. The van der Waals surface area contributed by atoms with Gasteiger partial charge in [-0.25, -0.2) is 0 Å². The van der Waals surface area contributed by atoms with E-state index in [0.717, 1.165) is 33.8 Å². The Morgan fingerprint density at radius 1 is 1.00 bits per heavy atom. The van der Waals surface area contributed by atoms with E-state index in [1.54, 1.807) is 25.6 Å². The van der Waals surface area contributed by atoms with Crippen LogP contribution in [0.4, 0.5) is 11.4 Å². The number of ether oxygens (including phenoxy) is 1. The first-order chi connectivity index (χ1) is 13.0. The lowest BCUT2D eigenvalue weighted by atomic mass is 10.1. The van der Waals surface area contributed by atoms with E-state index in [0.29, 0.717) is 12.1 Å². The summed E-state index contributed by atoms with van der Waals surface area (Å²) in [7, 11) is 1.65. The molecule has 0 unspecified atom stereocenters. The standard InChI is InChI=1S/C22H23N3O2/c1-15-8-16(2)10-19(9-15)25-22(26)18-11-20(14-23-12-18)24-13-17-6-4-5-7-21(17)27-3/h4-12,14,24H,13H2,1-3H3,(H,25,26). The predicted octanol–water partition coefficient (Wildman–Crippen LogP) is 4.57. The van der Waals surface area contributed by atoms with Crippen LogP contribution in [0.1, 0.15) is 27.0 Å². The van der Waals surface area contributed by atoms with Crippen LogP contribution in [0, 0.1) is 13.8 Å². The van der Waals surface area contributed by atoms with Crippen LogP contribution in [0.3, 0.4) is 0 Å². The molecule has 0 atom stereocenters. The molecule has 0 bridgehead atoms. The topological polar surface area (TPSA) is 63.2 Å². The molecule has 0 aliphatic carbocycles. The third kappa shape index (κ3) is 4.85. The van der Waals surface area contributed by atoms with E-state index >= 15 is 0 Å². The van der Waals surface area contributed by atoms with E-state index in [1.807, 2.05) is 50.2 Å². The Kier molecular flexibility index (Phi) is 5.71. The first-order valence-electron chi connectivity index (χ1n) is 8.75. The molecule has 0 fully saturated rings. The average molecular weight is 361 g/mol. The molecule has 0 aliphatic heterocycles. The van der Waals surface area contributed by atoms with Gasteiger partial charge in [0, 0.05) is 30.2 Å². The summed E-state index contributed by atoms with van der Waals surface area (Å²) in [6.07, 6.45) is 3.26. The molecule has 138 valence electrons. The van der Waals surface area contributed by atoms with Crippen molar-refractivity contribution in [2.75, 3.05) is 17.7 Å². The van der Waals surface area contributed by atoms with Gasteiger partial charge in [-0.15, -0.1) is 0 Å². The van der Waals surface area contributed by atoms with Crippen molar-refractivity contribution in [3.63, 3.8) is 0 Å². The molecule has 27 heavy (non-hydrogen) atoms. The SMILES string of the molecule is COc1ccccc1CNc1cncc(C(=O)Nc2cc(C)cc(C)c2)c1. The van der Waals surface area contributed by atoms with Crippen molar-refractivity contribution in [2.45, 2.75) is 20.4 Å². The maximum atomic E-state index is 12.6. The van der Waals surface area contributed by atoms with Crippen LogP contribution in [0.25, 0.3) is 0 Å². The number of methoxy groups -OCH3 is 1. The summed E-state index contributed by atoms with van der Waals surface area (Å²) < 4.78 is 5.36. The molecular formula is C22H23N3O2. The van der Waals surface area contributed by atoms with Crippen LogP contribution in [-0.4, -0.2) is 18.0 Å². The Hall–Kier alpha value is -3.34. The second kappa shape index (κ2) is 8.36. The fourth-order valence-electron chi connectivity index (χ4n) is 2.96. The van der Waals surface area contributed by atoms with E-state index in [4.69, 9.17) is 4.74 Å². The molecule has 0 radical (unpaired) electrons. The van der Waals surface area contributed by atoms with Gasteiger partial charge < -0.3 is 15.4 Å². The summed E-state index contributed by atoms with van der Waals surface area (Å²) in [5.41, 5.74) is 5.30. The summed E-state index contributed by atoms with van der Waals surface area (Å²) in [5.74, 6) is 0.634. The number of amides is 1. The number of benzene rings is 2. The van der Waals surface area contributed by atoms with E-state index in [-0.39, 0.29) is 5.91 Å². The molecule has 0 saturated heterocycles. The van der Waals surface area contributed by atoms with Crippen LogP contribution in [0.15, 0.2) is 60.9 Å². The Morgan fingerprint density at radius 2 is 1.74 bits per heavy atom. The van der Waals surface area contributed by atoms with Gasteiger partial charge in [0.15, 0.2) is 0 Å². The predicted molar refractivity (Wildman–Crippen MR) is 108 cm³/mol. The molecule has 1 aromatic heterocycles. The highest BCUT2D eigenvalue weighted by atomic mass is 16.5. The highest BCUT2D eigenvalue weighted by Gasteiger charge is 2.09. The number of hydrogen-bond donors (Lipinski definition) is 2. The summed E-state index contributed by atoms with van der Waals surface area (Å²) in [6.45, 7) is 4.59. The van der Waals surface area contributed by atoms with Crippen molar-refractivity contribution in [1.29, 1.82) is 0 Å². The Labute approximate surface area is 159 Å². The van der Waals surface area contributed by atoms with Crippen molar-refractivity contribution in [3.8, 4) is 5.75 Å². The zero-order valence-electron chi connectivity index (χ0n) is 15.7. The second-order valence-electron chi connectivity index (χ2n) is 6.46. The van der Waals surface area contributed by atoms with Crippen LogP contribution in [-0.2, 0) is 6.54 Å². The van der Waals surface area contributed by atoms with E-state index in [1.165, 1.54) is 0 Å². The minimum Gasteiger partial charge on any atom is -0.496 e. The number of aryl methyl sites for hydroxylation is 2. The van der Waals surface area contributed by atoms with Crippen molar-refractivity contribution in [3.05, 3.63) is 83.2 Å². The van der Waals surface area contributed by atoms with E-state index in [2.05, 4.69) is 21.7 Å². The summed E-state index contributed by atoms with van der Waals surface area (Å²) in [5, 5.41) is 6.22. The Bertz CT molecular complexity index is 934. The largest absolute Gasteiger partial charge is 0.496 e. The maximum Gasteiger partial charge on any atom is 0.257 e. The van der Waals surface area contributed by atoms with Gasteiger partial charge in [0.1, 0.15) is 5.75 Å². The number of para-hydroxylation sites is 1. The van der Waals surface area contributed by atoms with Crippen LogP contribution >= 0.6 is 0 Å². The van der Waals surface area contributed by atoms with Crippen LogP contribution < -0.4 is 15.4 Å². The lowest BCUT2D eigenvalue weighted by molar-refractivity contribution is 0.102. The molecule has 0 aliphatic rings. The molecule has 5 heteroatoms. The Morgan fingerprint density at radius 3 is 2.48 bits per heavy atom. The Balaban J connectivity index is 1.70. The molecular weight excluding hydrogens is 338 g/mol. The van der Waals surface area contributed by atoms with Crippen LogP contribution in [0.2, 0.25) is 0 Å². The maximum absolute atomic E-state index is 12.6. The number of pyridine rings is 1. The normalized spacial score (nSPS) is 10.3. The summed E-state index contributed by atoms with van der Waals surface area (Å²) >= 11 is 0. The molecule has 1 heterocycles. The summed E-state index contributed by atoms with van der Waals surface area (Å²) in [4.78, 5) is 16.7. The second-order valence-corrected chi connectivity index (χ2v) is 6.46. The molecule has 5 nitrogen and oxygen atoms in total. The van der Waals surface area contributed by atoms with E-state index < -0.39 is 0 Å². The summed E-state index contributed by atoms with van der Waals surface area (Å²) in [6, 6.07) is 15.6. The van der Waals surface area contributed by atoms with Gasteiger partial charge in [0.25, 0.3) is 5.91 Å². The van der Waals surface area contributed by atoms with Gasteiger partial charge in [0.05, 0.1) is 18.4 Å². The number of nitrogens with zero attached hydrogens (tertiary/aromatic N) is 1. The highest BCUT2D eigenvalue weighted by Crippen LogP contribution is 2.20. The average Bonchev–Trinajstić information content (AvgIpc) is 2.66. The van der Waals surface area contributed by atoms with Gasteiger partial charge in [-0.05, 0) is 49.2 Å². The number of rotatable bonds is 6. The minimum absolute atomic E-state index is 0.187. The van der Waals surface area contributed by atoms with Crippen molar-refractivity contribution < 1.29 is 9.53 Å². The molecule has 0 saturated carbocycles. The minimum atomic E-state index is -0.187. The number of carbonyl (C=O) groups excluding carboxylic acids is 1. The lowest BCUT2D eigenvalue weighted by Gasteiger charge is -2.11. The van der Waals surface area contributed by atoms with Gasteiger partial charge in [-0.1, -0.05) is 24.3 Å². The van der Waals surface area contributed by atoms with Crippen LogP contribution in [0.5, 0.6) is 5.75 Å². The molecule has 2 aromatic carbocycles. The lowest BCUT2D eigenvalue weighted by Crippen LogP contribution is -2.13. The third-order valence-corrected chi connectivity index (χ3v) is 4.16. The number of carbonyl (C=O) groups is 1. The highest BCUT2D eigenvalue weighted by molar-refractivity contribution is 6.04. The monoisotopic (exact) mass is 361 g/mol. The fourth-order valence-corrected chi connectivity index (χ4v) is 2.96. The number of nitrogens with one attached hydrogen (secondary N) is 2. The van der Waals surface area contributed by atoms with Crippen molar-refractivity contribution in [2.24, 2.45) is 0 Å². The van der Waals surface area contributed by atoms with E-state index in [9.17, 15) is 4.79 Å². The zero-order valence-corrected chi connectivity index (χ0v) is 15.7. The zero-order chi connectivity index (χ0) is 19.2. The first-order valence-corrected chi connectivity index (χ1v) is 8.75. The van der Waals surface area contributed by atoms with Gasteiger partial charge in [-0.2, -0.15) is 0 Å².